The molecule has 3 aliphatic rings. The van der Waals surface area contributed by atoms with Crippen LogP contribution in [0.3, 0.4) is 0 Å². The Morgan fingerprint density at radius 3 is 1.09 bits per heavy atom. The molecule has 3 saturated heterocycles. The summed E-state index contributed by atoms with van der Waals surface area (Å²) >= 11 is 0. The van der Waals surface area contributed by atoms with Crippen molar-refractivity contribution in [1.82, 2.24) is 47.9 Å². The summed E-state index contributed by atoms with van der Waals surface area (Å²) in [6, 6.07) is 12.5. The Balaban J connectivity index is 1.03. The third-order valence-corrected chi connectivity index (χ3v) is 11.2. The maximum Gasteiger partial charge on any atom is 0.243 e. The number of benzene rings is 3. The molecule has 3 fully saturated rings. The van der Waals surface area contributed by atoms with Gasteiger partial charge in [-0.05, 0) is 72.4 Å². The number of nitrogens with zero attached hydrogens (tertiary/aromatic N) is 2. The number of nitrogens with two attached hydrogens (primary N) is 1. The summed E-state index contributed by atoms with van der Waals surface area (Å²) in [5, 5.41) is 51.3. The number of carbonyl (C=O) groups excluding carboxylic acids is 9. The number of piperazine rings is 3. The van der Waals surface area contributed by atoms with Gasteiger partial charge in [-0.3, -0.25) is 53.8 Å². The lowest BCUT2D eigenvalue weighted by molar-refractivity contribution is -0.137. The standard InChI is InChI=1S/C46H52N12O12/c1-23(48-36(62)17-14-30-39(65)53-33(42(68)50-30)20-24-2-8-27(59)9-3-24)49-46(57-38(64)19-16-32-41(67)55-35(44(70)52-32)22-26-6-12-29(61)13-7-26)58-45(47)56-37(63)18-15-31-40(66)54-34(43(69)51-31)21-25-4-10-28(60)11-5-25/h2-13,30-35,59-61H,1,14-22H2,(H,48,62)(H,50,68)(H,51,69)(H,52,70)(H,53,65)(H,54,66)(H,55,67)(H4,47,49,56,57,58,63,64). The summed E-state index contributed by atoms with van der Waals surface area (Å²) in [5.41, 5.74) is 8.08. The number of amides is 9. The van der Waals surface area contributed by atoms with E-state index >= 15 is 0 Å². The first-order valence-corrected chi connectivity index (χ1v) is 22.0. The van der Waals surface area contributed by atoms with Gasteiger partial charge in [-0.2, -0.15) is 9.98 Å². The minimum atomic E-state index is -1.10. The monoisotopic (exact) mass is 964 g/mol. The highest BCUT2D eigenvalue weighted by Crippen LogP contribution is 2.17. The molecule has 6 unspecified atom stereocenters. The van der Waals surface area contributed by atoms with Gasteiger partial charge in [0.2, 0.25) is 65.1 Å². The molecule has 3 aliphatic heterocycles. The number of carbonyl (C=O) groups is 9. The molecule has 3 aromatic carbocycles. The van der Waals surface area contributed by atoms with Crippen LogP contribution in [0.5, 0.6) is 17.2 Å². The fourth-order valence-electron chi connectivity index (χ4n) is 7.49. The molecule has 14 N–H and O–H groups in total. The Labute approximate surface area is 399 Å². The van der Waals surface area contributed by atoms with Crippen molar-refractivity contribution in [3.63, 3.8) is 0 Å². The van der Waals surface area contributed by atoms with E-state index in [0.29, 0.717) is 16.7 Å². The van der Waals surface area contributed by atoms with Crippen molar-refractivity contribution in [3.8, 4) is 17.2 Å². The Morgan fingerprint density at radius 1 is 0.457 bits per heavy atom. The highest BCUT2D eigenvalue weighted by atomic mass is 16.3. The van der Waals surface area contributed by atoms with Crippen LogP contribution in [0.15, 0.2) is 95.2 Å². The van der Waals surface area contributed by atoms with Gasteiger partial charge in [-0.25, -0.2) is 0 Å². The van der Waals surface area contributed by atoms with Gasteiger partial charge in [0.15, 0.2) is 0 Å². The molecule has 0 spiro atoms. The molecule has 6 rings (SSSR count). The average Bonchev–Trinajstić information content (AvgIpc) is 3.30. The fourth-order valence-corrected chi connectivity index (χ4v) is 7.49. The molecule has 0 bridgehead atoms. The van der Waals surface area contributed by atoms with Gasteiger partial charge in [-0.15, -0.1) is 0 Å². The van der Waals surface area contributed by atoms with Crippen LogP contribution < -0.4 is 53.6 Å². The molecule has 24 heteroatoms. The second-order valence-electron chi connectivity index (χ2n) is 16.6. The summed E-state index contributed by atoms with van der Waals surface area (Å²) in [5.74, 6) is -6.74. The van der Waals surface area contributed by atoms with Crippen molar-refractivity contribution in [2.75, 3.05) is 0 Å². The van der Waals surface area contributed by atoms with E-state index in [-0.39, 0.29) is 80.9 Å². The zero-order chi connectivity index (χ0) is 50.5. The Hall–Kier alpha value is -8.83. The number of phenolic OH excluding ortho intramolecular Hbond substituents is 3. The topological polar surface area (TPSA) is 373 Å². The van der Waals surface area contributed by atoms with Gasteiger partial charge in [-0.1, -0.05) is 43.0 Å². The zero-order valence-electron chi connectivity index (χ0n) is 37.5. The lowest BCUT2D eigenvalue weighted by Gasteiger charge is -2.29. The second kappa shape index (κ2) is 23.3. The number of hydrogen-bond donors (Lipinski definition) is 13. The summed E-state index contributed by atoms with van der Waals surface area (Å²) in [6.07, 6.45) is -0.983. The molecule has 3 heterocycles. The Bertz CT molecular complexity index is 2580. The lowest BCUT2D eigenvalue weighted by atomic mass is 10.00. The second-order valence-corrected chi connectivity index (χ2v) is 16.6. The Kier molecular flexibility index (Phi) is 16.8. The number of phenols is 3. The summed E-state index contributed by atoms with van der Waals surface area (Å²) in [4.78, 5) is 124. The molecule has 70 heavy (non-hydrogen) atoms. The van der Waals surface area contributed by atoms with Crippen LogP contribution in [-0.4, -0.2) is 117 Å². The van der Waals surface area contributed by atoms with Gasteiger partial charge in [0, 0.05) is 38.5 Å². The Morgan fingerprint density at radius 2 is 0.743 bits per heavy atom. The van der Waals surface area contributed by atoms with Crippen molar-refractivity contribution in [2.24, 2.45) is 15.7 Å². The van der Waals surface area contributed by atoms with Gasteiger partial charge < -0.3 is 58.3 Å². The van der Waals surface area contributed by atoms with Crippen LogP contribution >= 0.6 is 0 Å². The number of guanidine groups is 2. The molecular weight excluding hydrogens is 913 g/mol. The van der Waals surface area contributed by atoms with Crippen molar-refractivity contribution < 1.29 is 58.5 Å². The molecule has 3 aromatic rings. The van der Waals surface area contributed by atoms with Gasteiger partial charge in [0.25, 0.3) is 0 Å². The zero-order valence-corrected chi connectivity index (χ0v) is 37.5. The molecule has 0 radical (unpaired) electrons. The highest BCUT2D eigenvalue weighted by molar-refractivity contribution is 6.07. The van der Waals surface area contributed by atoms with Gasteiger partial charge in [0.1, 0.15) is 59.3 Å². The predicted octanol–water partition coefficient (Wildman–Crippen LogP) is -2.39. The number of aliphatic imine (C=N–C) groups is 2. The minimum Gasteiger partial charge on any atom is -0.508 e. The molecule has 24 nitrogen and oxygen atoms in total. The number of hydrogen-bond acceptors (Lipinski definition) is 13. The average molecular weight is 965 g/mol. The van der Waals surface area contributed by atoms with E-state index < -0.39 is 101 Å². The predicted molar refractivity (Wildman–Crippen MR) is 247 cm³/mol. The third-order valence-electron chi connectivity index (χ3n) is 11.2. The summed E-state index contributed by atoms with van der Waals surface area (Å²) in [7, 11) is 0. The van der Waals surface area contributed by atoms with E-state index in [2.05, 4.69) is 64.4 Å². The molecular formula is C46H52N12O12. The van der Waals surface area contributed by atoms with E-state index in [0.717, 1.165) is 0 Å². The fraction of sp³-hybridized carbons (Fsp3) is 0.326. The quantitative estimate of drug-likeness (QED) is 0.0497. The van der Waals surface area contributed by atoms with Gasteiger partial charge in [0.05, 0.1) is 0 Å². The summed E-state index contributed by atoms with van der Waals surface area (Å²) in [6.45, 7) is 3.66. The smallest absolute Gasteiger partial charge is 0.243 e. The molecule has 0 aromatic heterocycles. The van der Waals surface area contributed by atoms with Crippen molar-refractivity contribution >= 4 is 65.1 Å². The maximum absolute atomic E-state index is 13.2. The van der Waals surface area contributed by atoms with Crippen LogP contribution in [0.4, 0.5) is 0 Å². The van der Waals surface area contributed by atoms with E-state index in [9.17, 15) is 58.5 Å². The third kappa shape index (κ3) is 14.8. The minimum absolute atomic E-state index is 0.0367. The van der Waals surface area contributed by atoms with Crippen LogP contribution in [0, 0.1) is 0 Å². The van der Waals surface area contributed by atoms with E-state index in [4.69, 9.17) is 5.73 Å². The molecule has 9 amide bonds. The normalized spacial score (nSPS) is 21.4. The van der Waals surface area contributed by atoms with Crippen molar-refractivity contribution in [1.29, 1.82) is 0 Å². The molecule has 368 valence electrons. The first-order chi connectivity index (χ1) is 33.4. The SMILES string of the molecule is C=C(/N=C(\N=C(/N)NC(=O)CCC1NC(=O)C(Cc2ccc(O)cc2)NC1=O)NC(=O)CCC1NC(=O)C(Cc2ccc(O)cc2)NC1=O)NC(=O)CCC1NC(=O)C(Cc2ccc(O)cc2)NC1=O. The number of aromatic hydroxyl groups is 3. The van der Waals surface area contributed by atoms with Crippen LogP contribution in [0.25, 0.3) is 0 Å². The van der Waals surface area contributed by atoms with Crippen molar-refractivity contribution in [2.45, 2.75) is 94.0 Å². The highest BCUT2D eigenvalue weighted by Gasteiger charge is 2.36. The van der Waals surface area contributed by atoms with E-state index in [1.807, 2.05) is 0 Å². The van der Waals surface area contributed by atoms with Crippen LogP contribution in [-0.2, 0) is 62.4 Å². The van der Waals surface area contributed by atoms with E-state index in [1.165, 1.54) is 36.4 Å². The first-order valence-electron chi connectivity index (χ1n) is 22.0. The van der Waals surface area contributed by atoms with Crippen LogP contribution in [0.1, 0.15) is 55.2 Å². The summed E-state index contributed by atoms with van der Waals surface area (Å²) < 4.78 is 0. The number of rotatable bonds is 17. The van der Waals surface area contributed by atoms with E-state index in [1.54, 1.807) is 36.4 Å². The largest absolute Gasteiger partial charge is 0.508 e. The molecule has 6 atom stereocenters. The van der Waals surface area contributed by atoms with Crippen LogP contribution in [0.2, 0.25) is 0 Å². The number of nitrogens with one attached hydrogen (secondary N) is 9. The molecule has 0 saturated carbocycles. The first kappa shape index (κ1) is 50.6. The van der Waals surface area contributed by atoms with Gasteiger partial charge >= 0.3 is 0 Å². The van der Waals surface area contributed by atoms with Crippen molar-refractivity contribution in [3.05, 3.63) is 102 Å². The lowest BCUT2D eigenvalue weighted by Crippen LogP contribution is -2.62. The maximum atomic E-state index is 13.2. The molecule has 0 aliphatic carbocycles.